The maximum Gasteiger partial charge on any atom is 0.213 e. The van der Waals surface area contributed by atoms with Gasteiger partial charge in [0.05, 0.1) is 16.8 Å². The van der Waals surface area contributed by atoms with Crippen molar-refractivity contribution < 1.29 is 4.74 Å². The number of rotatable bonds is 2. The second-order valence-electron chi connectivity index (χ2n) is 6.98. The minimum Gasteiger partial charge on any atom is -0.463 e. The normalized spacial score (nSPS) is 20.0. The van der Waals surface area contributed by atoms with E-state index in [0.29, 0.717) is 20.8 Å². The molecule has 5 rings (SSSR count). The molecule has 3 nitrogen and oxygen atoms in total. The van der Waals surface area contributed by atoms with Crippen LogP contribution in [0.3, 0.4) is 0 Å². The highest BCUT2D eigenvalue weighted by Crippen LogP contribution is 2.50. The largest absolute Gasteiger partial charge is 0.463 e. The molecule has 3 aromatic rings. The van der Waals surface area contributed by atoms with Crippen molar-refractivity contribution in [2.75, 3.05) is 0 Å². The molecule has 0 saturated heterocycles. The fourth-order valence-corrected chi connectivity index (χ4v) is 4.72. The zero-order valence-corrected chi connectivity index (χ0v) is 18.8. The van der Waals surface area contributed by atoms with Gasteiger partial charge in [-0.05, 0) is 42.0 Å². The summed E-state index contributed by atoms with van der Waals surface area (Å²) in [6.45, 7) is 0. The molecular formula is C22H14BrCl3N2O. The number of fused-ring (bicyclic) bond motifs is 3. The van der Waals surface area contributed by atoms with Gasteiger partial charge in [0.15, 0.2) is 0 Å². The highest BCUT2D eigenvalue weighted by atomic mass is 79.9. The Labute approximate surface area is 192 Å². The molecule has 2 heterocycles. The lowest BCUT2D eigenvalue weighted by Gasteiger charge is -2.38. The van der Waals surface area contributed by atoms with Gasteiger partial charge in [-0.25, -0.2) is 5.01 Å². The molecule has 7 heteroatoms. The molecule has 29 heavy (non-hydrogen) atoms. The Morgan fingerprint density at radius 3 is 2.38 bits per heavy atom. The molecule has 0 unspecified atom stereocenters. The van der Waals surface area contributed by atoms with Crippen LogP contribution in [0.15, 0.2) is 70.2 Å². The van der Waals surface area contributed by atoms with Crippen molar-refractivity contribution in [2.24, 2.45) is 5.10 Å². The van der Waals surface area contributed by atoms with Crippen LogP contribution in [-0.2, 0) is 0 Å². The predicted molar refractivity (Wildman–Crippen MR) is 121 cm³/mol. The third-order valence-electron chi connectivity index (χ3n) is 5.14. The van der Waals surface area contributed by atoms with E-state index in [1.54, 1.807) is 6.07 Å². The molecule has 2 aliphatic rings. The Bertz CT molecular complexity index is 1120. The highest BCUT2D eigenvalue weighted by molar-refractivity contribution is 9.10. The van der Waals surface area contributed by atoms with Gasteiger partial charge in [-0.2, -0.15) is 5.10 Å². The second-order valence-corrected chi connectivity index (χ2v) is 9.18. The summed E-state index contributed by atoms with van der Waals surface area (Å²) in [7, 11) is 0. The van der Waals surface area contributed by atoms with Crippen LogP contribution >= 0.6 is 50.7 Å². The summed E-state index contributed by atoms with van der Waals surface area (Å²) in [5, 5.41) is 8.69. The maximum atomic E-state index is 6.49. The van der Waals surface area contributed by atoms with Gasteiger partial charge in [0.2, 0.25) is 6.23 Å². The number of halogens is 4. The first-order chi connectivity index (χ1) is 14.0. The van der Waals surface area contributed by atoms with Crippen molar-refractivity contribution in [1.29, 1.82) is 0 Å². The van der Waals surface area contributed by atoms with Crippen molar-refractivity contribution in [3.05, 3.63) is 96.9 Å². The number of ether oxygens (including phenoxy) is 1. The van der Waals surface area contributed by atoms with Crippen LogP contribution < -0.4 is 4.74 Å². The molecule has 0 aromatic heterocycles. The first-order valence-corrected chi connectivity index (χ1v) is 10.9. The van der Waals surface area contributed by atoms with Gasteiger partial charge in [0, 0.05) is 32.1 Å². The van der Waals surface area contributed by atoms with Crippen molar-refractivity contribution in [3.8, 4) is 5.75 Å². The summed E-state index contributed by atoms with van der Waals surface area (Å²) in [6, 6.07) is 19.4. The van der Waals surface area contributed by atoms with Gasteiger partial charge in [-0.1, -0.05) is 75.0 Å². The predicted octanol–water partition coefficient (Wildman–Crippen LogP) is 7.65. The zero-order valence-electron chi connectivity index (χ0n) is 14.9. The smallest absolute Gasteiger partial charge is 0.213 e. The van der Waals surface area contributed by atoms with Crippen LogP contribution in [0, 0.1) is 0 Å². The van der Waals surface area contributed by atoms with E-state index < -0.39 is 6.23 Å². The molecule has 0 fully saturated rings. The first kappa shape index (κ1) is 19.3. The van der Waals surface area contributed by atoms with E-state index in [1.807, 2.05) is 47.5 Å². The number of nitrogens with zero attached hydrogens (tertiary/aromatic N) is 2. The van der Waals surface area contributed by atoms with Crippen molar-refractivity contribution in [3.63, 3.8) is 0 Å². The quantitative estimate of drug-likeness (QED) is 0.355. The van der Waals surface area contributed by atoms with Gasteiger partial charge in [0.1, 0.15) is 5.75 Å². The monoisotopic (exact) mass is 506 g/mol. The van der Waals surface area contributed by atoms with E-state index in [2.05, 4.69) is 28.1 Å². The molecule has 0 amide bonds. The molecule has 0 aliphatic carbocycles. The van der Waals surface area contributed by atoms with Crippen LogP contribution in [0.2, 0.25) is 15.1 Å². The standard InChI is InChI=1S/C22H14BrCl3N2O/c23-14-5-1-12(2-6-14)19-11-20-17-9-16(25)10-18(26)21(17)29-22(28(20)27-19)13-3-7-15(24)8-4-13/h1-10,20,22H,11H2/t20-,22-/m1/s1. The fourth-order valence-electron chi connectivity index (χ4n) is 3.78. The molecule has 3 aromatic carbocycles. The molecule has 0 bridgehead atoms. The van der Waals surface area contributed by atoms with E-state index in [0.717, 1.165) is 33.3 Å². The molecule has 0 N–H and O–H groups in total. The molecule has 2 atom stereocenters. The van der Waals surface area contributed by atoms with Gasteiger partial charge in [-0.3, -0.25) is 0 Å². The third-order valence-corrected chi connectivity index (χ3v) is 6.42. The summed E-state index contributed by atoms with van der Waals surface area (Å²) in [5.41, 5.74) is 3.97. The van der Waals surface area contributed by atoms with Crippen LogP contribution in [0.1, 0.15) is 35.4 Å². The molecular weight excluding hydrogens is 495 g/mol. The molecule has 2 aliphatic heterocycles. The first-order valence-electron chi connectivity index (χ1n) is 9.02. The summed E-state index contributed by atoms with van der Waals surface area (Å²) < 4.78 is 7.37. The Hall–Kier alpha value is -1.72. The average molecular weight is 509 g/mol. The Balaban J connectivity index is 1.62. The maximum absolute atomic E-state index is 6.49. The van der Waals surface area contributed by atoms with Gasteiger partial charge < -0.3 is 4.74 Å². The fraction of sp³-hybridized carbons (Fsp3) is 0.136. The Kier molecular flexibility index (Phi) is 4.99. The summed E-state index contributed by atoms with van der Waals surface area (Å²) in [4.78, 5) is 0. The summed E-state index contributed by atoms with van der Waals surface area (Å²) in [5.74, 6) is 0.657. The van der Waals surface area contributed by atoms with Gasteiger partial charge in [0.25, 0.3) is 0 Å². The van der Waals surface area contributed by atoms with Crippen molar-refractivity contribution in [1.82, 2.24) is 5.01 Å². The molecule has 0 radical (unpaired) electrons. The van der Waals surface area contributed by atoms with Crippen molar-refractivity contribution >= 4 is 56.4 Å². The molecule has 146 valence electrons. The Morgan fingerprint density at radius 2 is 1.66 bits per heavy atom. The van der Waals surface area contributed by atoms with Gasteiger partial charge in [-0.15, -0.1) is 0 Å². The van der Waals surface area contributed by atoms with Gasteiger partial charge >= 0.3 is 0 Å². The lowest BCUT2D eigenvalue weighted by atomic mass is 9.96. The third kappa shape index (κ3) is 3.53. The van der Waals surface area contributed by atoms with Crippen LogP contribution in [-0.4, -0.2) is 10.7 Å². The van der Waals surface area contributed by atoms with Crippen LogP contribution in [0.4, 0.5) is 0 Å². The number of hydrazone groups is 1. The second kappa shape index (κ2) is 7.51. The highest BCUT2D eigenvalue weighted by Gasteiger charge is 2.42. The lowest BCUT2D eigenvalue weighted by Crippen LogP contribution is -2.33. The number of benzene rings is 3. The van der Waals surface area contributed by atoms with Crippen molar-refractivity contribution in [2.45, 2.75) is 18.7 Å². The minimum atomic E-state index is -0.406. The topological polar surface area (TPSA) is 24.8 Å². The minimum absolute atomic E-state index is 0.0192. The number of hydrogen-bond donors (Lipinski definition) is 0. The molecule has 0 spiro atoms. The van der Waals surface area contributed by atoms with E-state index in [4.69, 9.17) is 44.6 Å². The summed E-state index contributed by atoms with van der Waals surface area (Å²) >= 11 is 22.4. The van der Waals surface area contributed by atoms with Crippen LogP contribution in [0.5, 0.6) is 5.75 Å². The summed E-state index contributed by atoms with van der Waals surface area (Å²) in [6.07, 6.45) is 0.329. The van der Waals surface area contributed by atoms with Crippen LogP contribution in [0.25, 0.3) is 0 Å². The molecule has 0 saturated carbocycles. The van der Waals surface area contributed by atoms with E-state index in [9.17, 15) is 0 Å². The Morgan fingerprint density at radius 1 is 0.931 bits per heavy atom. The average Bonchev–Trinajstić information content (AvgIpc) is 3.14. The number of hydrogen-bond acceptors (Lipinski definition) is 3. The zero-order chi connectivity index (χ0) is 20.1. The SMILES string of the molecule is Clc1ccc([C@H]2Oc3c(Cl)cc(Cl)cc3[C@H]3CC(c4ccc(Br)cc4)=NN32)cc1. The lowest BCUT2D eigenvalue weighted by molar-refractivity contribution is -0.0189. The van der Waals surface area contributed by atoms with E-state index in [-0.39, 0.29) is 6.04 Å². The van der Waals surface area contributed by atoms with E-state index in [1.165, 1.54) is 0 Å². The van der Waals surface area contributed by atoms with E-state index >= 15 is 0 Å².